The van der Waals surface area contributed by atoms with E-state index < -0.39 is 0 Å². The summed E-state index contributed by atoms with van der Waals surface area (Å²) < 4.78 is 6.50. The van der Waals surface area contributed by atoms with Crippen molar-refractivity contribution in [3.05, 3.63) is 133 Å². The summed E-state index contributed by atoms with van der Waals surface area (Å²) in [6.07, 6.45) is 10.2. The molecule has 0 spiro atoms. The monoisotopic (exact) mass is 576 g/mol. The molecule has 0 atom stereocenters. The number of hydrogen-bond donors (Lipinski definition) is 0. The third kappa shape index (κ3) is 4.36. The van der Waals surface area contributed by atoms with E-state index in [1.807, 2.05) is 54.9 Å². The van der Waals surface area contributed by atoms with E-state index in [9.17, 15) is 10.5 Å². The van der Waals surface area contributed by atoms with Gasteiger partial charge in [0.05, 0.1) is 34.7 Å². The van der Waals surface area contributed by atoms with E-state index in [0.717, 1.165) is 55.0 Å². The number of pyridine rings is 4. The van der Waals surface area contributed by atoms with Crippen molar-refractivity contribution in [1.82, 2.24) is 19.9 Å². The third-order valence-electron chi connectivity index (χ3n) is 8.09. The van der Waals surface area contributed by atoms with E-state index in [1.165, 1.54) is 0 Å². The zero-order chi connectivity index (χ0) is 30.3. The molecule has 5 heterocycles. The van der Waals surface area contributed by atoms with Crippen molar-refractivity contribution in [1.29, 1.82) is 10.5 Å². The molecule has 0 N–H and O–H groups in total. The fourth-order valence-corrected chi connectivity index (χ4v) is 5.89. The lowest BCUT2D eigenvalue weighted by atomic mass is 9.95. The minimum absolute atomic E-state index is 0.534. The maximum Gasteiger partial charge on any atom is 0.136 e. The second-order valence-electron chi connectivity index (χ2n) is 10.6. The van der Waals surface area contributed by atoms with Gasteiger partial charge in [0.15, 0.2) is 0 Å². The maximum atomic E-state index is 9.51. The van der Waals surface area contributed by atoms with E-state index in [-0.39, 0.29) is 0 Å². The van der Waals surface area contributed by atoms with Crippen LogP contribution in [0, 0.1) is 22.7 Å². The van der Waals surface area contributed by atoms with Gasteiger partial charge in [-0.3, -0.25) is 19.9 Å². The molecule has 0 aliphatic heterocycles. The van der Waals surface area contributed by atoms with E-state index in [1.54, 1.807) is 36.9 Å². The number of fused-ring (bicyclic) bond motifs is 5. The first kappa shape index (κ1) is 26.0. The second kappa shape index (κ2) is 10.5. The molecule has 208 valence electrons. The lowest BCUT2D eigenvalue weighted by Gasteiger charge is -2.09. The van der Waals surface area contributed by atoms with Gasteiger partial charge in [0.2, 0.25) is 0 Å². The number of hydrogen-bond acceptors (Lipinski definition) is 7. The van der Waals surface area contributed by atoms with Crippen LogP contribution in [-0.2, 0) is 0 Å². The minimum Gasteiger partial charge on any atom is -0.456 e. The molecule has 0 bridgehead atoms. The lowest BCUT2D eigenvalue weighted by Crippen LogP contribution is -1.90. The molecule has 0 amide bonds. The van der Waals surface area contributed by atoms with Crippen molar-refractivity contribution < 1.29 is 4.42 Å². The molecule has 7 heteroatoms. The second-order valence-corrected chi connectivity index (χ2v) is 10.6. The van der Waals surface area contributed by atoms with Gasteiger partial charge >= 0.3 is 0 Å². The highest BCUT2D eigenvalue weighted by molar-refractivity contribution is 6.22. The van der Waals surface area contributed by atoms with Crippen molar-refractivity contribution in [2.45, 2.75) is 0 Å². The standard InChI is InChI=1S/C38H20N6O/c39-17-24-11-13-41-21-32(24)34-9-6-26(19-43-34)23-5-8-30-36(15-23)45-37-16-31(28-3-1-2-4-29(28)38(30)37)27-7-10-35(44-20-27)33-22-42-14-12-25(33)18-40/h1-16,19-22H. The Morgan fingerprint density at radius 1 is 0.511 bits per heavy atom. The average Bonchev–Trinajstić information content (AvgIpc) is 3.49. The predicted molar refractivity (Wildman–Crippen MR) is 174 cm³/mol. The quantitative estimate of drug-likeness (QED) is 0.206. The average molecular weight is 577 g/mol. The summed E-state index contributed by atoms with van der Waals surface area (Å²) in [5, 5.41) is 23.3. The van der Waals surface area contributed by atoms with Crippen LogP contribution in [0.15, 0.2) is 127 Å². The molecule has 0 fully saturated rings. The fraction of sp³-hybridized carbons (Fsp3) is 0. The summed E-state index contributed by atoms with van der Waals surface area (Å²) in [4.78, 5) is 17.7. The zero-order valence-corrected chi connectivity index (χ0v) is 23.6. The van der Waals surface area contributed by atoms with Crippen LogP contribution >= 0.6 is 0 Å². The number of rotatable bonds is 4. The topological polar surface area (TPSA) is 112 Å². The number of nitriles is 2. The molecular formula is C38H20N6O. The van der Waals surface area contributed by atoms with Crippen molar-refractivity contribution >= 4 is 32.7 Å². The van der Waals surface area contributed by atoms with Crippen LogP contribution < -0.4 is 0 Å². The molecule has 7 nitrogen and oxygen atoms in total. The highest BCUT2D eigenvalue weighted by Crippen LogP contribution is 2.41. The van der Waals surface area contributed by atoms with Crippen molar-refractivity contribution in [3.63, 3.8) is 0 Å². The van der Waals surface area contributed by atoms with Gasteiger partial charge in [-0.05, 0) is 64.4 Å². The molecule has 0 saturated carbocycles. The molecule has 0 aliphatic carbocycles. The summed E-state index contributed by atoms with van der Waals surface area (Å²) in [6.45, 7) is 0. The molecule has 45 heavy (non-hydrogen) atoms. The SMILES string of the molecule is N#Cc1ccncc1-c1ccc(-c2ccc3c(c2)oc2cc(-c4ccc(-c5cnccc5C#N)nc4)c4ccccc4c23)cn1. The van der Waals surface area contributed by atoms with Gasteiger partial charge < -0.3 is 4.42 Å². The molecule has 3 aromatic carbocycles. The first-order valence-corrected chi connectivity index (χ1v) is 14.2. The molecule has 0 unspecified atom stereocenters. The Bertz CT molecular complexity index is 2500. The Hall–Kier alpha value is -6.70. The highest BCUT2D eigenvalue weighted by Gasteiger charge is 2.17. The molecule has 0 radical (unpaired) electrons. The van der Waals surface area contributed by atoms with E-state index in [2.05, 4.69) is 57.4 Å². The Balaban J connectivity index is 1.21. The van der Waals surface area contributed by atoms with Gasteiger partial charge in [-0.15, -0.1) is 0 Å². The maximum absolute atomic E-state index is 9.51. The smallest absolute Gasteiger partial charge is 0.136 e. The van der Waals surface area contributed by atoms with Crippen molar-refractivity contribution in [3.8, 4) is 56.9 Å². The van der Waals surface area contributed by atoms with Crippen LogP contribution in [0.1, 0.15) is 11.1 Å². The first-order valence-electron chi connectivity index (χ1n) is 14.2. The summed E-state index contributed by atoms with van der Waals surface area (Å²) in [7, 11) is 0. The molecular weight excluding hydrogens is 556 g/mol. The number of nitrogens with zero attached hydrogens (tertiary/aromatic N) is 6. The van der Waals surface area contributed by atoms with Crippen LogP contribution in [-0.4, -0.2) is 19.9 Å². The van der Waals surface area contributed by atoms with Crippen LogP contribution in [0.25, 0.3) is 77.5 Å². The highest BCUT2D eigenvalue weighted by atomic mass is 16.3. The predicted octanol–water partition coefficient (Wildman–Crippen LogP) is 8.73. The molecule has 5 aromatic heterocycles. The zero-order valence-electron chi connectivity index (χ0n) is 23.6. The van der Waals surface area contributed by atoms with Crippen LogP contribution in [0.2, 0.25) is 0 Å². The van der Waals surface area contributed by atoms with Crippen molar-refractivity contribution in [2.24, 2.45) is 0 Å². The lowest BCUT2D eigenvalue weighted by molar-refractivity contribution is 0.669. The van der Waals surface area contributed by atoms with E-state index in [4.69, 9.17) is 9.40 Å². The number of aromatic nitrogens is 4. The summed E-state index contributed by atoms with van der Waals surface area (Å²) in [5.41, 5.74) is 9.30. The Morgan fingerprint density at radius 3 is 1.76 bits per heavy atom. The van der Waals surface area contributed by atoms with Gasteiger partial charge in [-0.2, -0.15) is 10.5 Å². The van der Waals surface area contributed by atoms with Gasteiger partial charge in [0.1, 0.15) is 11.2 Å². The van der Waals surface area contributed by atoms with Gasteiger partial charge in [-0.1, -0.05) is 42.5 Å². The molecule has 8 aromatic rings. The Labute approximate surface area is 257 Å². The molecule has 0 aliphatic rings. The first-order chi connectivity index (χ1) is 22.2. The van der Waals surface area contributed by atoms with E-state index >= 15 is 0 Å². The minimum atomic E-state index is 0.534. The van der Waals surface area contributed by atoms with Crippen LogP contribution in [0.5, 0.6) is 0 Å². The number of furan rings is 1. The molecule has 8 rings (SSSR count). The fourth-order valence-electron chi connectivity index (χ4n) is 5.89. The van der Waals surface area contributed by atoms with Gasteiger partial charge in [-0.25, -0.2) is 0 Å². The summed E-state index contributed by atoms with van der Waals surface area (Å²) in [6, 6.07) is 32.3. The van der Waals surface area contributed by atoms with E-state index in [0.29, 0.717) is 33.6 Å². The Kier molecular flexibility index (Phi) is 6.08. The largest absolute Gasteiger partial charge is 0.456 e. The molecule has 0 saturated heterocycles. The van der Waals surface area contributed by atoms with Gasteiger partial charge in [0.25, 0.3) is 0 Å². The van der Waals surface area contributed by atoms with Crippen molar-refractivity contribution in [2.75, 3.05) is 0 Å². The third-order valence-corrected chi connectivity index (χ3v) is 8.09. The Morgan fingerprint density at radius 2 is 1.13 bits per heavy atom. The summed E-state index contributed by atoms with van der Waals surface area (Å²) in [5.74, 6) is 0. The summed E-state index contributed by atoms with van der Waals surface area (Å²) >= 11 is 0. The number of benzene rings is 3. The van der Waals surface area contributed by atoms with Gasteiger partial charge in [0, 0.05) is 70.2 Å². The normalized spacial score (nSPS) is 11.1. The van der Waals surface area contributed by atoms with Crippen LogP contribution in [0.3, 0.4) is 0 Å². The van der Waals surface area contributed by atoms with Crippen LogP contribution in [0.4, 0.5) is 0 Å².